The number of nitrogens with zero attached hydrogens (tertiary/aromatic N) is 6. The van der Waals surface area contributed by atoms with Crippen LogP contribution in [0.1, 0.15) is 30.3 Å². The second-order valence-electron chi connectivity index (χ2n) is 7.63. The Morgan fingerprint density at radius 3 is 2.61 bits per heavy atom. The molecule has 0 bridgehead atoms. The van der Waals surface area contributed by atoms with Crippen molar-refractivity contribution in [2.24, 2.45) is 12.2 Å². The van der Waals surface area contributed by atoms with E-state index in [1.54, 1.807) is 23.5 Å². The van der Waals surface area contributed by atoms with Gasteiger partial charge in [0.25, 0.3) is 11.5 Å². The Hall–Kier alpha value is -3.62. The van der Waals surface area contributed by atoms with Crippen LogP contribution in [-0.2, 0) is 23.2 Å². The zero-order valence-corrected chi connectivity index (χ0v) is 18.4. The largest absolute Gasteiger partial charge is 0.382 e. The maximum Gasteiger partial charge on any atom is 0.295 e. The normalized spacial score (nSPS) is 15.6. The first-order valence-electron chi connectivity index (χ1n) is 10.2. The fourth-order valence-corrected chi connectivity index (χ4v) is 3.90. The number of aromatic nitrogens is 4. The summed E-state index contributed by atoms with van der Waals surface area (Å²) in [7, 11) is 3.40. The fraction of sp³-hybridized carbons (Fsp3) is 0.364. The van der Waals surface area contributed by atoms with Crippen molar-refractivity contribution in [3.63, 3.8) is 0 Å². The molecule has 1 unspecified atom stereocenters. The second-order valence-corrected chi connectivity index (χ2v) is 7.63. The lowest BCUT2D eigenvalue weighted by Crippen LogP contribution is -2.39. The average molecular weight is 422 g/mol. The fourth-order valence-electron chi connectivity index (χ4n) is 3.90. The molecule has 2 aromatic heterocycles. The Morgan fingerprint density at radius 2 is 1.97 bits per heavy atom. The third-order valence-corrected chi connectivity index (χ3v) is 5.72. The minimum Gasteiger partial charge on any atom is -0.382 e. The summed E-state index contributed by atoms with van der Waals surface area (Å²) in [6.45, 7) is 6.49. The smallest absolute Gasteiger partial charge is 0.295 e. The molecule has 0 fully saturated rings. The van der Waals surface area contributed by atoms with Gasteiger partial charge in [-0.1, -0.05) is 23.4 Å². The summed E-state index contributed by atoms with van der Waals surface area (Å²) in [5.74, 6) is -0.315. The number of likely N-dealkylation sites (N-methyl/N-ethyl adjacent to an activating group) is 1. The number of hydrogen-bond donors (Lipinski definition) is 0. The molecule has 0 radical (unpaired) electrons. The first kappa shape index (κ1) is 20.6. The molecule has 9 heteroatoms. The Morgan fingerprint density at radius 1 is 1.26 bits per heavy atom. The van der Waals surface area contributed by atoms with Crippen LogP contribution < -0.4 is 10.5 Å². The van der Waals surface area contributed by atoms with Crippen molar-refractivity contribution in [1.82, 2.24) is 19.1 Å². The highest BCUT2D eigenvalue weighted by Crippen LogP contribution is 2.23. The molecule has 0 saturated heterocycles. The van der Waals surface area contributed by atoms with E-state index in [1.807, 2.05) is 62.0 Å². The minimum absolute atomic E-state index is 0.263. The molecule has 162 valence electrons. The van der Waals surface area contributed by atoms with E-state index >= 15 is 0 Å². The van der Waals surface area contributed by atoms with E-state index in [2.05, 4.69) is 10.3 Å². The van der Waals surface area contributed by atoms with Crippen LogP contribution in [0.3, 0.4) is 0 Å². The summed E-state index contributed by atoms with van der Waals surface area (Å²) in [5.41, 5.74) is 3.89. The van der Waals surface area contributed by atoms with Crippen molar-refractivity contribution in [1.29, 1.82) is 0 Å². The number of carbonyl (C=O) groups excluding carboxylic acids is 1. The summed E-state index contributed by atoms with van der Waals surface area (Å²) < 4.78 is 5.12. The van der Waals surface area contributed by atoms with Crippen LogP contribution in [-0.4, -0.2) is 43.9 Å². The molecule has 4 rings (SSSR count). The van der Waals surface area contributed by atoms with Crippen molar-refractivity contribution in [2.45, 2.75) is 39.8 Å². The lowest BCUT2D eigenvalue weighted by atomic mass is 10.1. The van der Waals surface area contributed by atoms with E-state index in [-0.39, 0.29) is 11.5 Å². The van der Waals surface area contributed by atoms with Gasteiger partial charge in [-0.15, -0.1) is 0 Å². The van der Waals surface area contributed by atoms with Crippen LogP contribution >= 0.6 is 0 Å². The van der Waals surface area contributed by atoms with Gasteiger partial charge >= 0.3 is 0 Å². The maximum atomic E-state index is 13.2. The van der Waals surface area contributed by atoms with Gasteiger partial charge in [0.05, 0.1) is 22.8 Å². The number of anilines is 1. The van der Waals surface area contributed by atoms with Crippen LogP contribution in [0.25, 0.3) is 5.69 Å². The van der Waals surface area contributed by atoms with Crippen molar-refractivity contribution in [2.75, 3.05) is 11.9 Å². The molecule has 0 N–H and O–H groups in total. The third kappa shape index (κ3) is 3.45. The van der Waals surface area contributed by atoms with Crippen LogP contribution in [0.2, 0.25) is 0 Å². The van der Waals surface area contributed by atoms with E-state index in [1.165, 1.54) is 4.90 Å². The average Bonchev–Trinajstić information content (AvgIpc) is 3.45. The number of amides is 1. The lowest BCUT2D eigenvalue weighted by Gasteiger charge is -2.18. The molecule has 0 saturated carbocycles. The molecule has 0 spiro atoms. The van der Waals surface area contributed by atoms with Crippen LogP contribution in [0.15, 0.2) is 46.5 Å². The van der Waals surface area contributed by atoms with Crippen molar-refractivity contribution in [3.8, 4) is 5.69 Å². The molecule has 1 aliphatic heterocycles. The summed E-state index contributed by atoms with van der Waals surface area (Å²) in [5, 5.41) is 8.56. The van der Waals surface area contributed by atoms with Crippen molar-refractivity contribution >= 4 is 17.3 Å². The van der Waals surface area contributed by atoms with Crippen LogP contribution in [0.4, 0.5) is 5.69 Å². The van der Waals surface area contributed by atoms with Gasteiger partial charge in [-0.2, -0.15) is 5.10 Å². The Kier molecular flexibility index (Phi) is 5.26. The highest BCUT2D eigenvalue weighted by atomic mass is 16.6. The van der Waals surface area contributed by atoms with E-state index in [0.717, 1.165) is 23.5 Å². The monoisotopic (exact) mass is 422 g/mol. The van der Waals surface area contributed by atoms with E-state index in [9.17, 15) is 9.59 Å². The molecule has 1 amide bonds. The highest BCUT2D eigenvalue weighted by Gasteiger charge is 2.35. The number of para-hydroxylation sites is 1. The molecule has 3 aromatic rings. The van der Waals surface area contributed by atoms with Crippen LogP contribution in [0, 0.1) is 13.8 Å². The van der Waals surface area contributed by atoms with E-state index in [0.29, 0.717) is 23.5 Å². The van der Waals surface area contributed by atoms with Crippen LogP contribution in [0.5, 0.6) is 0 Å². The lowest BCUT2D eigenvalue weighted by molar-refractivity contribution is -0.128. The third-order valence-electron chi connectivity index (χ3n) is 5.72. The number of rotatable bonds is 5. The summed E-state index contributed by atoms with van der Waals surface area (Å²) >= 11 is 0. The number of oxime groups is 1. The van der Waals surface area contributed by atoms with Gasteiger partial charge in [-0.05, 0) is 32.9 Å². The first-order chi connectivity index (χ1) is 14.8. The zero-order chi connectivity index (χ0) is 22.3. The standard InChI is InChI=1S/C22H26N6O3/c1-6-27-13-17(14(2)23-27)18-12-19(31-24-18)21(29)25(4)20-15(3)26(5)28(22(20)30)16-10-8-7-9-11-16/h7-11,13,19H,6,12H2,1-5H3. The van der Waals surface area contributed by atoms with Gasteiger partial charge in [0.1, 0.15) is 5.69 Å². The Bertz CT molecular complexity index is 1220. The molecule has 9 nitrogen and oxygen atoms in total. The molecule has 3 heterocycles. The number of aryl methyl sites for hydroxylation is 2. The van der Waals surface area contributed by atoms with Gasteiger partial charge in [0.15, 0.2) is 0 Å². The SMILES string of the molecule is CCn1cc(C2=NOC(C(=O)N(C)c3c(C)n(C)n(-c4ccccc4)c3=O)C2)c(C)n1. The quantitative estimate of drug-likeness (QED) is 0.631. The predicted octanol–water partition coefficient (Wildman–Crippen LogP) is 2.17. The topological polar surface area (TPSA) is 86.7 Å². The molecule has 1 aromatic carbocycles. The zero-order valence-electron chi connectivity index (χ0n) is 18.4. The number of hydrogen-bond acceptors (Lipinski definition) is 5. The number of carbonyl (C=O) groups is 1. The van der Waals surface area contributed by atoms with Crippen molar-refractivity contribution < 1.29 is 9.63 Å². The van der Waals surface area contributed by atoms with Gasteiger partial charge in [-0.3, -0.25) is 19.0 Å². The molecule has 1 aliphatic rings. The maximum absolute atomic E-state index is 13.2. The number of benzene rings is 1. The first-order valence-corrected chi connectivity index (χ1v) is 10.2. The molecule has 1 atom stereocenters. The summed E-state index contributed by atoms with van der Waals surface area (Å²) in [6.07, 6.45) is 1.46. The Balaban J connectivity index is 1.59. The van der Waals surface area contributed by atoms with Gasteiger partial charge in [-0.25, -0.2) is 4.68 Å². The highest BCUT2D eigenvalue weighted by molar-refractivity contribution is 6.07. The van der Waals surface area contributed by atoms with Gasteiger partial charge in [0.2, 0.25) is 6.10 Å². The molecular weight excluding hydrogens is 396 g/mol. The van der Waals surface area contributed by atoms with Gasteiger partial charge < -0.3 is 9.74 Å². The second kappa shape index (κ2) is 7.90. The van der Waals surface area contributed by atoms with E-state index in [4.69, 9.17) is 4.84 Å². The molecular formula is C22H26N6O3. The van der Waals surface area contributed by atoms with Crippen molar-refractivity contribution in [3.05, 3.63) is 63.8 Å². The Labute approximate surface area is 180 Å². The van der Waals surface area contributed by atoms with E-state index < -0.39 is 6.10 Å². The summed E-state index contributed by atoms with van der Waals surface area (Å²) in [4.78, 5) is 33.2. The van der Waals surface area contributed by atoms with Gasteiger partial charge in [0, 0.05) is 38.8 Å². The molecule has 0 aliphatic carbocycles. The minimum atomic E-state index is -0.784. The molecule has 31 heavy (non-hydrogen) atoms. The predicted molar refractivity (Wildman–Crippen MR) is 118 cm³/mol. The summed E-state index contributed by atoms with van der Waals surface area (Å²) in [6, 6.07) is 9.33.